The Kier molecular flexibility index (Phi) is 6.42. The minimum absolute atomic E-state index is 0.0564. The lowest BCUT2D eigenvalue weighted by Gasteiger charge is -2.45. The van der Waals surface area contributed by atoms with Crippen LogP contribution >= 0.6 is 0 Å². The normalized spacial score (nSPS) is 21.4. The molecule has 1 heterocycles. The Morgan fingerprint density at radius 3 is 2.56 bits per heavy atom. The van der Waals surface area contributed by atoms with E-state index in [-0.39, 0.29) is 23.7 Å². The van der Waals surface area contributed by atoms with Crippen molar-refractivity contribution in [3.8, 4) is 29.7 Å². The van der Waals surface area contributed by atoms with Gasteiger partial charge in [0, 0.05) is 31.8 Å². The molecule has 8 heteroatoms. The first-order valence-electron chi connectivity index (χ1n) is 10.4. The number of nitrogens with two attached hydrogens (primary N) is 1. The molecule has 0 saturated carbocycles. The van der Waals surface area contributed by atoms with E-state index in [1.165, 1.54) is 14.0 Å². The first kappa shape index (κ1) is 22.7. The fourth-order valence-electron chi connectivity index (χ4n) is 4.52. The molecule has 1 aliphatic carbocycles. The van der Waals surface area contributed by atoms with Crippen LogP contribution in [0.2, 0.25) is 0 Å². The molecule has 0 spiro atoms. The van der Waals surface area contributed by atoms with Crippen molar-refractivity contribution < 1.29 is 14.3 Å². The van der Waals surface area contributed by atoms with Gasteiger partial charge in [0.15, 0.2) is 16.9 Å². The molecule has 1 amide bonds. The third kappa shape index (κ3) is 3.53. The van der Waals surface area contributed by atoms with Gasteiger partial charge in [0.2, 0.25) is 5.91 Å². The van der Waals surface area contributed by atoms with Gasteiger partial charge in [-0.3, -0.25) is 4.79 Å². The van der Waals surface area contributed by atoms with E-state index in [1.54, 1.807) is 29.2 Å². The largest absolute Gasteiger partial charge is 0.493 e. The van der Waals surface area contributed by atoms with E-state index in [1.807, 2.05) is 6.92 Å². The van der Waals surface area contributed by atoms with Crippen LogP contribution in [0.4, 0.5) is 0 Å². The number of amides is 1. The second kappa shape index (κ2) is 9.04. The highest BCUT2D eigenvalue weighted by molar-refractivity contribution is 5.74. The number of hydrogen-bond donors (Lipinski definition) is 1. The zero-order chi connectivity index (χ0) is 23.5. The van der Waals surface area contributed by atoms with E-state index in [0.29, 0.717) is 35.8 Å². The molecule has 2 N–H and O–H groups in total. The smallest absolute Gasteiger partial charge is 0.219 e. The van der Waals surface area contributed by atoms with Crippen LogP contribution < -0.4 is 15.2 Å². The van der Waals surface area contributed by atoms with Gasteiger partial charge in [0.25, 0.3) is 0 Å². The Labute approximate surface area is 187 Å². The van der Waals surface area contributed by atoms with Crippen molar-refractivity contribution >= 4 is 5.91 Å². The highest BCUT2D eigenvalue weighted by Gasteiger charge is 2.54. The molecule has 0 fully saturated rings. The number of carbonyl (C=O) groups is 1. The standard InChI is InChI=1S/C24H25N5O3/c1-4-9-32-20-6-5-16(10-21(20)31-3)22-19-12-29(15(2)30)8-7-17(19)18(11-25)23(28)24(22,13-26)14-27/h5-7,10,19,22H,4,8-9,12,28H2,1-3H3/t19-,22-/m1/s1. The molecule has 0 radical (unpaired) electrons. The highest BCUT2D eigenvalue weighted by atomic mass is 16.5. The SMILES string of the molecule is CCCOc1ccc([C@@H]2[C@@H]3CN(C(C)=O)CC=C3C(C#N)=C(N)C2(C#N)C#N)cc1OC. The Morgan fingerprint density at radius 2 is 2.00 bits per heavy atom. The average molecular weight is 431 g/mol. The third-order valence-electron chi connectivity index (χ3n) is 6.12. The number of rotatable bonds is 5. The summed E-state index contributed by atoms with van der Waals surface area (Å²) in [5.41, 5.74) is 5.95. The van der Waals surface area contributed by atoms with Crippen LogP contribution in [0.1, 0.15) is 31.7 Å². The van der Waals surface area contributed by atoms with Crippen LogP contribution in [0, 0.1) is 45.3 Å². The maximum Gasteiger partial charge on any atom is 0.219 e. The van der Waals surface area contributed by atoms with E-state index in [9.17, 15) is 20.6 Å². The van der Waals surface area contributed by atoms with Crippen molar-refractivity contribution in [2.75, 3.05) is 26.8 Å². The van der Waals surface area contributed by atoms with Crippen LogP contribution in [-0.4, -0.2) is 37.6 Å². The molecule has 1 aliphatic heterocycles. The summed E-state index contributed by atoms with van der Waals surface area (Å²) in [5, 5.41) is 30.1. The summed E-state index contributed by atoms with van der Waals surface area (Å²) in [5.74, 6) is -0.266. The van der Waals surface area contributed by atoms with Crippen LogP contribution in [0.15, 0.2) is 41.1 Å². The minimum Gasteiger partial charge on any atom is -0.493 e. The Balaban J connectivity index is 2.25. The first-order valence-corrected chi connectivity index (χ1v) is 10.4. The molecule has 2 atom stereocenters. The van der Waals surface area contributed by atoms with Gasteiger partial charge in [-0.2, -0.15) is 15.8 Å². The minimum atomic E-state index is -1.77. The van der Waals surface area contributed by atoms with Crippen molar-refractivity contribution in [2.45, 2.75) is 26.2 Å². The molecule has 0 bridgehead atoms. The molecular weight excluding hydrogens is 406 g/mol. The lowest BCUT2D eigenvalue weighted by molar-refractivity contribution is -0.129. The molecule has 3 rings (SSSR count). The van der Waals surface area contributed by atoms with Gasteiger partial charge >= 0.3 is 0 Å². The van der Waals surface area contributed by atoms with Gasteiger partial charge in [0.05, 0.1) is 37.1 Å². The summed E-state index contributed by atoms with van der Waals surface area (Å²) in [4.78, 5) is 13.7. The van der Waals surface area contributed by atoms with E-state index in [2.05, 4.69) is 18.2 Å². The molecule has 0 unspecified atom stereocenters. The number of hydrogen-bond acceptors (Lipinski definition) is 7. The van der Waals surface area contributed by atoms with Crippen molar-refractivity contribution in [3.05, 3.63) is 46.7 Å². The lowest BCUT2D eigenvalue weighted by atomic mass is 9.58. The number of benzene rings is 1. The van der Waals surface area contributed by atoms with Gasteiger partial charge < -0.3 is 20.1 Å². The van der Waals surface area contributed by atoms with Crippen LogP contribution in [-0.2, 0) is 4.79 Å². The first-order chi connectivity index (χ1) is 15.4. The Hall–Kier alpha value is -3.96. The quantitative estimate of drug-likeness (QED) is 0.757. The molecular formula is C24H25N5O3. The monoisotopic (exact) mass is 431 g/mol. The zero-order valence-corrected chi connectivity index (χ0v) is 18.4. The number of nitriles is 3. The van der Waals surface area contributed by atoms with Crippen LogP contribution in [0.3, 0.4) is 0 Å². The lowest BCUT2D eigenvalue weighted by Crippen LogP contribution is -2.48. The Morgan fingerprint density at radius 1 is 1.28 bits per heavy atom. The molecule has 1 aromatic rings. The van der Waals surface area contributed by atoms with E-state index >= 15 is 0 Å². The summed E-state index contributed by atoms with van der Waals surface area (Å²) >= 11 is 0. The number of ether oxygens (including phenoxy) is 2. The van der Waals surface area contributed by atoms with Crippen LogP contribution in [0.25, 0.3) is 0 Å². The van der Waals surface area contributed by atoms with E-state index < -0.39 is 17.3 Å². The molecule has 0 aromatic heterocycles. The summed E-state index contributed by atoms with van der Waals surface area (Å²) in [6.07, 6.45) is 2.62. The average Bonchev–Trinajstić information content (AvgIpc) is 2.81. The zero-order valence-electron chi connectivity index (χ0n) is 18.4. The van der Waals surface area contributed by atoms with Crippen molar-refractivity contribution in [3.63, 3.8) is 0 Å². The number of allylic oxidation sites excluding steroid dienone is 2. The van der Waals surface area contributed by atoms with E-state index in [4.69, 9.17) is 15.2 Å². The highest BCUT2D eigenvalue weighted by Crippen LogP contribution is 2.54. The fourth-order valence-corrected chi connectivity index (χ4v) is 4.52. The van der Waals surface area contributed by atoms with Gasteiger partial charge in [-0.25, -0.2) is 0 Å². The predicted octanol–water partition coefficient (Wildman–Crippen LogP) is 2.76. The van der Waals surface area contributed by atoms with Gasteiger partial charge in [-0.05, 0) is 29.7 Å². The molecule has 164 valence electrons. The summed E-state index contributed by atoms with van der Waals surface area (Å²) < 4.78 is 11.2. The molecule has 32 heavy (non-hydrogen) atoms. The second-order valence-corrected chi connectivity index (χ2v) is 7.86. The fraction of sp³-hybridized carbons (Fsp3) is 0.417. The number of carbonyl (C=O) groups excluding carboxylic acids is 1. The van der Waals surface area contributed by atoms with Crippen molar-refractivity contribution in [1.29, 1.82) is 15.8 Å². The number of methoxy groups -OCH3 is 1. The van der Waals surface area contributed by atoms with E-state index in [0.717, 1.165) is 6.42 Å². The summed E-state index contributed by atoms with van der Waals surface area (Å²) in [6, 6.07) is 11.6. The molecule has 0 saturated heterocycles. The number of nitrogens with zero attached hydrogens (tertiary/aromatic N) is 4. The summed E-state index contributed by atoms with van der Waals surface area (Å²) in [7, 11) is 1.52. The Bertz CT molecular complexity index is 1100. The number of fused-ring (bicyclic) bond motifs is 1. The maximum absolute atomic E-state index is 12.1. The predicted molar refractivity (Wildman–Crippen MR) is 116 cm³/mol. The third-order valence-corrected chi connectivity index (χ3v) is 6.12. The van der Waals surface area contributed by atoms with Crippen molar-refractivity contribution in [2.24, 2.45) is 17.1 Å². The summed E-state index contributed by atoms with van der Waals surface area (Å²) in [6.45, 7) is 4.59. The maximum atomic E-state index is 12.1. The second-order valence-electron chi connectivity index (χ2n) is 7.86. The molecule has 2 aliphatic rings. The van der Waals surface area contributed by atoms with Gasteiger partial charge in [-0.15, -0.1) is 0 Å². The van der Waals surface area contributed by atoms with Crippen LogP contribution in [0.5, 0.6) is 11.5 Å². The topological polar surface area (TPSA) is 136 Å². The van der Waals surface area contributed by atoms with Gasteiger partial charge in [-0.1, -0.05) is 19.1 Å². The van der Waals surface area contributed by atoms with Gasteiger partial charge in [0.1, 0.15) is 6.07 Å². The molecule has 1 aromatic carbocycles. The van der Waals surface area contributed by atoms with Crippen molar-refractivity contribution in [1.82, 2.24) is 4.90 Å². The molecule has 8 nitrogen and oxygen atoms in total.